The van der Waals surface area contributed by atoms with E-state index in [0.29, 0.717) is 25.0 Å². The topological polar surface area (TPSA) is 90.3 Å². The van der Waals surface area contributed by atoms with Gasteiger partial charge in [-0.25, -0.2) is 0 Å². The zero-order chi connectivity index (χ0) is 21.5. The minimum Gasteiger partial charge on any atom is -0.497 e. The molecule has 0 atom stereocenters. The van der Waals surface area contributed by atoms with Crippen molar-refractivity contribution in [3.63, 3.8) is 0 Å². The van der Waals surface area contributed by atoms with Crippen LogP contribution in [0.5, 0.6) is 11.5 Å². The minimum atomic E-state index is -0.206. The Bertz CT molecular complexity index is 965. The molecule has 1 heterocycles. The number of benzene rings is 2. The monoisotopic (exact) mass is 409 g/mol. The number of ether oxygens (including phenoxy) is 2. The predicted octanol–water partition coefficient (Wildman–Crippen LogP) is 3.82. The number of rotatable bonds is 9. The molecule has 30 heavy (non-hydrogen) atoms. The van der Waals surface area contributed by atoms with Gasteiger partial charge in [-0.2, -0.15) is 9.67 Å². The van der Waals surface area contributed by atoms with Gasteiger partial charge in [0.05, 0.1) is 14.2 Å². The van der Waals surface area contributed by atoms with Gasteiger partial charge in [-0.05, 0) is 35.4 Å². The van der Waals surface area contributed by atoms with Gasteiger partial charge in [0, 0.05) is 19.0 Å². The summed E-state index contributed by atoms with van der Waals surface area (Å²) in [4.78, 5) is 17.1. The SMILES string of the molecule is COc1ccc(CNc2nc(NCc3ccc(OC)cc3)n(C(=O)C(C)C)n2)cc1. The van der Waals surface area contributed by atoms with Crippen molar-refractivity contribution in [3.8, 4) is 11.5 Å². The van der Waals surface area contributed by atoms with Crippen LogP contribution < -0.4 is 20.1 Å². The van der Waals surface area contributed by atoms with E-state index in [1.54, 1.807) is 14.2 Å². The van der Waals surface area contributed by atoms with Crippen molar-refractivity contribution in [2.24, 2.45) is 5.92 Å². The number of carbonyl (C=O) groups excluding carboxylic acids is 1. The summed E-state index contributed by atoms with van der Waals surface area (Å²) in [6.07, 6.45) is 0. The maximum absolute atomic E-state index is 12.6. The third kappa shape index (κ3) is 5.28. The van der Waals surface area contributed by atoms with Gasteiger partial charge in [0.2, 0.25) is 11.9 Å². The first-order valence-corrected chi connectivity index (χ1v) is 9.75. The van der Waals surface area contributed by atoms with E-state index < -0.39 is 0 Å². The Labute approximate surface area is 176 Å². The van der Waals surface area contributed by atoms with Crippen molar-refractivity contribution in [2.45, 2.75) is 26.9 Å². The van der Waals surface area contributed by atoms with Gasteiger partial charge in [-0.1, -0.05) is 38.1 Å². The Morgan fingerprint density at radius 3 is 1.87 bits per heavy atom. The molecule has 8 heteroatoms. The standard InChI is InChI=1S/C22H27N5O3/c1-15(2)20(28)27-22(24-14-17-7-11-19(30-4)12-8-17)25-21(26-27)23-13-16-5-9-18(29-3)10-6-16/h5-12,15H,13-14H2,1-4H3,(H2,23,24,25,26). The molecule has 0 fully saturated rings. The summed E-state index contributed by atoms with van der Waals surface area (Å²) in [5.41, 5.74) is 2.09. The molecular weight excluding hydrogens is 382 g/mol. The number of methoxy groups -OCH3 is 2. The van der Waals surface area contributed by atoms with Gasteiger partial charge in [0.15, 0.2) is 0 Å². The van der Waals surface area contributed by atoms with Crippen molar-refractivity contribution in [3.05, 3.63) is 59.7 Å². The van der Waals surface area contributed by atoms with E-state index in [0.717, 1.165) is 22.6 Å². The number of nitrogens with zero attached hydrogens (tertiary/aromatic N) is 3. The lowest BCUT2D eigenvalue weighted by Gasteiger charge is -2.09. The van der Waals surface area contributed by atoms with E-state index in [1.165, 1.54) is 4.68 Å². The molecule has 0 spiro atoms. The lowest BCUT2D eigenvalue weighted by atomic mass is 10.2. The molecule has 0 amide bonds. The van der Waals surface area contributed by atoms with Crippen LogP contribution >= 0.6 is 0 Å². The van der Waals surface area contributed by atoms with Gasteiger partial charge in [-0.15, -0.1) is 5.10 Å². The summed E-state index contributed by atoms with van der Waals surface area (Å²) >= 11 is 0. The van der Waals surface area contributed by atoms with E-state index in [4.69, 9.17) is 9.47 Å². The second-order valence-electron chi connectivity index (χ2n) is 7.07. The minimum absolute atomic E-state index is 0.128. The lowest BCUT2D eigenvalue weighted by molar-refractivity contribution is 0.0841. The largest absolute Gasteiger partial charge is 0.497 e. The summed E-state index contributed by atoms with van der Waals surface area (Å²) in [6, 6.07) is 15.4. The summed E-state index contributed by atoms with van der Waals surface area (Å²) < 4.78 is 11.7. The molecule has 0 radical (unpaired) electrons. The number of aromatic nitrogens is 3. The quantitative estimate of drug-likeness (QED) is 0.555. The average Bonchev–Trinajstić information content (AvgIpc) is 3.19. The second-order valence-corrected chi connectivity index (χ2v) is 7.07. The molecule has 1 aromatic heterocycles. The van der Waals surface area contributed by atoms with Crippen LogP contribution in [0.2, 0.25) is 0 Å². The highest BCUT2D eigenvalue weighted by Crippen LogP contribution is 2.17. The molecule has 0 bridgehead atoms. The fourth-order valence-electron chi connectivity index (χ4n) is 2.75. The van der Waals surface area contributed by atoms with E-state index in [1.807, 2.05) is 62.4 Å². The highest BCUT2D eigenvalue weighted by Gasteiger charge is 2.18. The zero-order valence-electron chi connectivity index (χ0n) is 17.7. The first-order chi connectivity index (χ1) is 14.5. The Kier molecular flexibility index (Phi) is 6.90. The Morgan fingerprint density at radius 2 is 1.40 bits per heavy atom. The maximum atomic E-state index is 12.6. The van der Waals surface area contributed by atoms with Crippen LogP contribution in [0.4, 0.5) is 11.9 Å². The van der Waals surface area contributed by atoms with Crippen LogP contribution in [0.1, 0.15) is 29.8 Å². The number of carbonyl (C=O) groups is 1. The Balaban J connectivity index is 1.71. The third-order valence-electron chi connectivity index (χ3n) is 4.53. The van der Waals surface area contributed by atoms with E-state index in [2.05, 4.69) is 20.7 Å². The Hall–Kier alpha value is -3.55. The van der Waals surface area contributed by atoms with Crippen molar-refractivity contribution in [1.29, 1.82) is 0 Å². The van der Waals surface area contributed by atoms with Crippen LogP contribution in [-0.2, 0) is 13.1 Å². The predicted molar refractivity (Wildman–Crippen MR) is 116 cm³/mol. The van der Waals surface area contributed by atoms with Crippen molar-refractivity contribution >= 4 is 17.8 Å². The van der Waals surface area contributed by atoms with Crippen LogP contribution in [0.25, 0.3) is 0 Å². The van der Waals surface area contributed by atoms with E-state index in [9.17, 15) is 4.79 Å². The molecule has 8 nitrogen and oxygen atoms in total. The maximum Gasteiger partial charge on any atom is 0.252 e. The molecule has 0 unspecified atom stereocenters. The summed E-state index contributed by atoms with van der Waals surface area (Å²) in [7, 11) is 3.27. The first kappa shape index (κ1) is 21.2. The molecule has 2 aromatic carbocycles. The van der Waals surface area contributed by atoms with Gasteiger partial charge >= 0.3 is 0 Å². The molecule has 0 saturated carbocycles. The van der Waals surface area contributed by atoms with Gasteiger partial charge in [0.1, 0.15) is 11.5 Å². The smallest absolute Gasteiger partial charge is 0.252 e. The molecule has 0 saturated heterocycles. The average molecular weight is 409 g/mol. The third-order valence-corrected chi connectivity index (χ3v) is 4.53. The van der Waals surface area contributed by atoms with Crippen molar-refractivity contribution < 1.29 is 14.3 Å². The molecule has 158 valence electrons. The number of hydrogen-bond donors (Lipinski definition) is 2. The first-order valence-electron chi connectivity index (χ1n) is 9.75. The summed E-state index contributed by atoms with van der Waals surface area (Å²) in [5.74, 6) is 2.05. The second kappa shape index (κ2) is 9.78. The molecular formula is C22H27N5O3. The summed E-state index contributed by atoms with van der Waals surface area (Å²) in [5, 5.41) is 10.7. The van der Waals surface area contributed by atoms with Crippen molar-refractivity contribution in [2.75, 3.05) is 24.9 Å². The molecule has 0 aliphatic rings. The van der Waals surface area contributed by atoms with Gasteiger partial charge in [0.25, 0.3) is 5.91 Å². The van der Waals surface area contributed by atoms with E-state index >= 15 is 0 Å². The molecule has 0 aliphatic heterocycles. The number of hydrogen-bond acceptors (Lipinski definition) is 7. The summed E-state index contributed by atoms with van der Waals surface area (Å²) in [6.45, 7) is 4.71. The Morgan fingerprint density at radius 1 is 0.900 bits per heavy atom. The highest BCUT2D eigenvalue weighted by atomic mass is 16.5. The van der Waals surface area contributed by atoms with Gasteiger partial charge < -0.3 is 20.1 Å². The van der Waals surface area contributed by atoms with Crippen LogP contribution in [0, 0.1) is 5.92 Å². The number of nitrogens with one attached hydrogen (secondary N) is 2. The van der Waals surface area contributed by atoms with Crippen LogP contribution in [0.15, 0.2) is 48.5 Å². The fraction of sp³-hybridized carbons (Fsp3) is 0.318. The fourth-order valence-corrected chi connectivity index (χ4v) is 2.75. The van der Waals surface area contributed by atoms with Crippen LogP contribution in [0.3, 0.4) is 0 Å². The highest BCUT2D eigenvalue weighted by molar-refractivity contribution is 5.82. The number of anilines is 2. The zero-order valence-corrected chi connectivity index (χ0v) is 17.7. The lowest BCUT2D eigenvalue weighted by Crippen LogP contribution is -2.21. The molecule has 0 aliphatic carbocycles. The van der Waals surface area contributed by atoms with Crippen LogP contribution in [-0.4, -0.2) is 34.9 Å². The molecule has 2 N–H and O–H groups in total. The molecule has 3 rings (SSSR count). The van der Waals surface area contributed by atoms with Gasteiger partial charge in [-0.3, -0.25) is 4.79 Å². The van der Waals surface area contributed by atoms with Crippen molar-refractivity contribution in [1.82, 2.24) is 14.8 Å². The molecule has 3 aromatic rings. The normalized spacial score (nSPS) is 10.7. The van der Waals surface area contributed by atoms with E-state index in [-0.39, 0.29) is 11.8 Å².